The molecule has 0 radical (unpaired) electrons. The van der Waals surface area contributed by atoms with Gasteiger partial charge in [0.05, 0.1) is 5.56 Å². The molecule has 0 aliphatic heterocycles. The molecule has 0 unspecified atom stereocenters. The van der Waals surface area contributed by atoms with E-state index in [4.69, 9.17) is 11.5 Å². The van der Waals surface area contributed by atoms with Crippen molar-refractivity contribution in [1.82, 2.24) is 4.57 Å². The number of guanidine groups is 1. The van der Waals surface area contributed by atoms with Crippen LogP contribution in [0.2, 0.25) is 0 Å². The SMILES string of the molecule is NC(N)=NC(=O)c1cn(-c2c(F)cccc2F)c(=O)c2ccccc12. The van der Waals surface area contributed by atoms with Gasteiger partial charge in [0.1, 0.15) is 17.3 Å². The van der Waals surface area contributed by atoms with E-state index < -0.39 is 34.7 Å². The molecule has 0 saturated heterocycles. The number of benzene rings is 2. The van der Waals surface area contributed by atoms with Crippen molar-refractivity contribution in [2.24, 2.45) is 16.5 Å². The minimum absolute atomic E-state index is 0.0637. The van der Waals surface area contributed by atoms with Crippen molar-refractivity contribution in [3.63, 3.8) is 0 Å². The summed E-state index contributed by atoms with van der Waals surface area (Å²) in [6.45, 7) is 0. The number of rotatable bonds is 2. The third kappa shape index (κ3) is 2.85. The second-order valence-electron chi connectivity index (χ2n) is 5.18. The lowest BCUT2D eigenvalue weighted by Gasteiger charge is -2.12. The molecule has 6 nitrogen and oxygen atoms in total. The molecule has 8 heteroatoms. The quantitative estimate of drug-likeness (QED) is 0.546. The van der Waals surface area contributed by atoms with Crippen molar-refractivity contribution < 1.29 is 13.6 Å². The standard InChI is InChI=1S/C17H12F2N4O2/c18-12-6-3-7-13(19)14(12)23-8-11(15(24)22-17(20)21)9-4-1-2-5-10(9)16(23)25/h1-8H,(H4,20,21,22,24). The zero-order valence-corrected chi connectivity index (χ0v) is 12.7. The average Bonchev–Trinajstić information content (AvgIpc) is 2.56. The Morgan fingerprint density at radius 3 is 2.16 bits per heavy atom. The van der Waals surface area contributed by atoms with E-state index in [1.54, 1.807) is 12.1 Å². The molecular weight excluding hydrogens is 330 g/mol. The van der Waals surface area contributed by atoms with Gasteiger partial charge in [0.2, 0.25) is 0 Å². The molecule has 4 N–H and O–H groups in total. The molecule has 0 aliphatic rings. The molecule has 0 atom stereocenters. The summed E-state index contributed by atoms with van der Waals surface area (Å²) in [4.78, 5) is 28.4. The smallest absolute Gasteiger partial charge is 0.282 e. The van der Waals surface area contributed by atoms with Crippen molar-refractivity contribution in [2.75, 3.05) is 0 Å². The van der Waals surface area contributed by atoms with E-state index in [1.165, 1.54) is 18.2 Å². The maximum Gasteiger partial charge on any atom is 0.282 e. The summed E-state index contributed by atoms with van der Waals surface area (Å²) in [7, 11) is 0. The number of carbonyl (C=O) groups excluding carboxylic acids is 1. The van der Waals surface area contributed by atoms with Gasteiger partial charge in [-0.15, -0.1) is 0 Å². The van der Waals surface area contributed by atoms with Crippen LogP contribution < -0.4 is 17.0 Å². The van der Waals surface area contributed by atoms with Crippen molar-refractivity contribution in [3.05, 3.63) is 76.2 Å². The summed E-state index contributed by atoms with van der Waals surface area (Å²) in [6, 6.07) is 9.34. The van der Waals surface area contributed by atoms with Crippen LogP contribution in [0.15, 0.2) is 58.4 Å². The van der Waals surface area contributed by atoms with Gasteiger partial charge < -0.3 is 11.5 Å². The molecule has 1 aromatic heterocycles. The van der Waals surface area contributed by atoms with Crippen LogP contribution in [-0.2, 0) is 0 Å². The molecule has 126 valence electrons. The van der Waals surface area contributed by atoms with Gasteiger partial charge in [-0.2, -0.15) is 4.99 Å². The number of hydrogen-bond donors (Lipinski definition) is 2. The normalized spacial score (nSPS) is 10.6. The number of fused-ring (bicyclic) bond motifs is 1. The van der Waals surface area contributed by atoms with E-state index in [9.17, 15) is 18.4 Å². The molecule has 0 fully saturated rings. The number of aliphatic imine (C=N–C) groups is 1. The monoisotopic (exact) mass is 342 g/mol. The Labute approximate surface area is 140 Å². The molecule has 0 bridgehead atoms. The van der Waals surface area contributed by atoms with Gasteiger partial charge in [-0.05, 0) is 18.2 Å². The summed E-state index contributed by atoms with van der Waals surface area (Å²) in [5.41, 5.74) is 9.11. The van der Waals surface area contributed by atoms with Crippen LogP contribution in [0.5, 0.6) is 0 Å². The van der Waals surface area contributed by atoms with Gasteiger partial charge in [0.25, 0.3) is 11.5 Å². The maximum absolute atomic E-state index is 14.1. The Kier molecular flexibility index (Phi) is 4.02. The topological polar surface area (TPSA) is 103 Å². The predicted molar refractivity (Wildman–Crippen MR) is 89.6 cm³/mol. The third-order valence-electron chi connectivity index (χ3n) is 3.56. The molecule has 1 amide bonds. The number of nitrogens with zero attached hydrogens (tertiary/aromatic N) is 2. The van der Waals surface area contributed by atoms with Gasteiger partial charge in [-0.25, -0.2) is 8.78 Å². The summed E-state index contributed by atoms with van der Waals surface area (Å²) in [6.07, 6.45) is 1.03. The van der Waals surface area contributed by atoms with E-state index in [-0.39, 0.29) is 16.3 Å². The predicted octanol–water partition coefficient (Wildman–Crippen LogP) is 1.68. The molecule has 3 rings (SSSR count). The molecular formula is C17H12F2N4O2. The highest BCUT2D eigenvalue weighted by atomic mass is 19.1. The largest absolute Gasteiger partial charge is 0.370 e. The first-order valence-electron chi connectivity index (χ1n) is 7.13. The van der Waals surface area contributed by atoms with Crippen LogP contribution >= 0.6 is 0 Å². The van der Waals surface area contributed by atoms with Crippen molar-refractivity contribution in [1.29, 1.82) is 0 Å². The lowest BCUT2D eigenvalue weighted by molar-refractivity contribution is 0.100. The van der Waals surface area contributed by atoms with E-state index >= 15 is 0 Å². The first-order chi connectivity index (χ1) is 11.9. The Morgan fingerprint density at radius 1 is 0.960 bits per heavy atom. The number of nitrogens with two attached hydrogens (primary N) is 2. The van der Waals surface area contributed by atoms with Crippen LogP contribution in [0.1, 0.15) is 10.4 Å². The van der Waals surface area contributed by atoms with E-state index in [0.29, 0.717) is 0 Å². The molecule has 0 aliphatic carbocycles. The number of hydrogen-bond acceptors (Lipinski definition) is 2. The first kappa shape index (κ1) is 16.3. The van der Waals surface area contributed by atoms with Crippen molar-refractivity contribution in [2.45, 2.75) is 0 Å². The fraction of sp³-hybridized carbons (Fsp3) is 0. The number of pyridine rings is 1. The maximum atomic E-state index is 14.1. The second kappa shape index (κ2) is 6.16. The van der Waals surface area contributed by atoms with Crippen LogP contribution in [-0.4, -0.2) is 16.4 Å². The lowest BCUT2D eigenvalue weighted by Crippen LogP contribution is -2.25. The van der Waals surface area contributed by atoms with Gasteiger partial charge >= 0.3 is 0 Å². The van der Waals surface area contributed by atoms with Gasteiger partial charge in [-0.1, -0.05) is 24.3 Å². The number of amides is 1. The number of carbonyl (C=O) groups is 1. The summed E-state index contributed by atoms with van der Waals surface area (Å²) in [5, 5.41) is 0.372. The second-order valence-corrected chi connectivity index (χ2v) is 5.18. The molecule has 0 spiro atoms. The Morgan fingerprint density at radius 2 is 1.56 bits per heavy atom. The zero-order chi connectivity index (χ0) is 18.1. The van der Waals surface area contributed by atoms with Gasteiger partial charge in [0.15, 0.2) is 5.96 Å². The molecule has 0 saturated carbocycles. The Bertz CT molecular complexity index is 1070. The molecule has 3 aromatic rings. The minimum Gasteiger partial charge on any atom is -0.370 e. The first-order valence-corrected chi connectivity index (χ1v) is 7.13. The molecule has 1 heterocycles. The lowest BCUT2D eigenvalue weighted by atomic mass is 10.1. The van der Waals surface area contributed by atoms with E-state index in [1.807, 2.05) is 0 Å². The minimum atomic E-state index is -0.947. The van der Waals surface area contributed by atoms with Gasteiger partial charge in [0, 0.05) is 17.0 Å². The number of halogens is 2. The molecule has 25 heavy (non-hydrogen) atoms. The van der Waals surface area contributed by atoms with Crippen LogP contribution in [0, 0.1) is 11.6 Å². The third-order valence-corrected chi connectivity index (χ3v) is 3.56. The van der Waals surface area contributed by atoms with Crippen molar-refractivity contribution >= 4 is 22.6 Å². The van der Waals surface area contributed by atoms with Crippen LogP contribution in [0.25, 0.3) is 16.5 Å². The van der Waals surface area contributed by atoms with E-state index in [2.05, 4.69) is 4.99 Å². The number of aromatic nitrogens is 1. The summed E-state index contributed by atoms with van der Waals surface area (Å²) < 4.78 is 29.0. The summed E-state index contributed by atoms with van der Waals surface area (Å²) in [5.74, 6) is -3.19. The highest BCUT2D eigenvalue weighted by molar-refractivity contribution is 6.10. The average molecular weight is 342 g/mol. The fourth-order valence-corrected chi connectivity index (χ4v) is 2.52. The highest BCUT2D eigenvalue weighted by Crippen LogP contribution is 2.21. The Balaban J connectivity index is 2.43. The fourth-order valence-electron chi connectivity index (χ4n) is 2.52. The zero-order valence-electron chi connectivity index (χ0n) is 12.7. The van der Waals surface area contributed by atoms with Crippen molar-refractivity contribution in [3.8, 4) is 5.69 Å². The van der Waals surface area contributed by atoms with E-state index in [0.717, 1.165) is 22.9 Å². The highest BCUT2D eigenvalue weighted by Gasteiger charge is 2.19. The molecule has 2 aromatic carbocycles. The summed E-state index contributed by atoms with van der Waals surface area (Å²) >= 11 is 0. The van der Waals surface area contributed by atoms with Gasteiger partial charge in [-0.3, -0.25) is 14.2 Å². The van der Waals surface area contributed by atoms with Crippen LogP contribution in [0.4, 0.5) is 8.78 Å². The number of para-hydroxylation sites is 1. The van der Waals surface area contributed by atoms with Crippen LogP contribution in [0.3, 0.4) is 0 Å². The Hall–Kier alpha value is -3.55.